The Morgan fingerprint density at radius 2 is 1.68 bits per heavy atom. The van der Waals surface area contributed by atoms with E-state index in [-0.39, 0.29) is 23.7 Å². The molecule has 0 bridgehead atoms. The van der Waals surface area contributed by atoms with Crippen LogP contribution < -0.4 is 10.2 Å². The van der Waals surface area contributed by atoms with Gasteiger partial charge in [0.2, 0.25) is 0 Å². The molecule has 0 aromatic heterocycles. The summed E-state index contributed by atoms with van der Waals surface area (Å²) in [6.45, 7) is 8.02. The molecular weight excluding hydrogens is 319 g/mol. The molecule has 0 atom stereocenters. The highest BCUT2D eigenvalue weighted by molar-refractivity contribution is 5.99. The van der Waals surface area contributed by atoms with Crippen molar-refractivity contribution in [2.24, 2.45) is 5.10 Å². The lowest BCUT2D eigenvalue weighted by Crippen LogP contribution is -2.25. The average Bonchev–Trinajstić information content (AvgIpc) is 2.58. The van der Waals surface area contributed by atoms with Gasteiger partial charge in [0.25, 0.3) is 5.91 Å². The van der Waals surface area contributed by atoms with Crippen molar-refractivity contribution in [2.75, 3.05) is 6.61 Å². The number of carbonyl (C=O) groups excluding carboxylic acids is 1. The molecule has 0 saturated carbocycles. The molecule has 0 saturated heterocycles. The third-order valence-corrected chi connectivity index (χ3v) is 3.70. The SMILES string of the molecule is C/C(=N\NC(=O)COc1ccc(C(C)(C)C)cc1)c1ccc(F)cc1. The Balaban J connectivity index is 1.86. The number of rotatable bonds is 5. The first-order valence-electron chi connectivity index (χ1n) is 8.08. The molecule has 0 unspecified atom stereocenters. The lowest BCUT2D eigenvalue weighted by molar-refractivity contribution is -0.123. The third kappa shape index (κ3) is 5.71. The van der Waals surface area contributed by atoms with Gasteiger partial charge in [0.05, 0.1) is 5.71 Å². The van der Waals surface area contributed by atoms with E-state index in [1.54, 1.807) is 19.1 Å². The van der Waals surface area contributed by atoms with E-state index in [0.717, 1.165) is 5.56 Å². The molecule has 2 aromatic rings. The molecule has 0 spiro atoms. The van der Waals surface area contributed by atoms with E-state index < -0.39 is 0 Å². The van der Waals surface area contributed by atoms with Gasteiger partial charge < -0.3 is 4.74 Å². The van der Waals surface area contributed by atoms with E-state index in [9.17, 15) is 9.18 Å². The predicted molar refractivity (Wildman–Crippen MR) is 97.4 cm³/mol. The first-order valence-corrected chi connectivity index (χ1v) is 8.08. The largest absolute Gasteiger partial charge is 0.484 e. The van der Waals surface area contributed by atoms with Crippen molar-refractivity contribution in [3.05, 3.63) is 65.5 Å². The van der Waals surface area contributed by atoms with Crippen LogP contribution >= 0.6 is 0 Å². The van der Waals surface area contributed by atoms with Crippen LogP contribution in [0.2, 0.25) is 0 Å². The number of hydrogen-bond acceptors (Lipinski definition) is 3. The highest BCUT2D eigenvalue weighted by Crippen LogP contribution is 2.24. The number of nitrogens with zero attached hydrogens (tertiary/aromatic N) is 1. The van der Waals surface area contributed by atoms with Crippen LogP contribution in [0.5, 0.6) is 5.75 Å². The molecule has 5 heteroatoms. The van der Waals surface area contributed by atoms with Crippen LogP contribution in [0.4, 0.5) is 4.39 Å². The van der Waals surface area contributed by atoms with Crippen molar-refractivity contribution in [1.29, 1.82) is 0 Å². The fourth-order valence-corrected chi connectivity index (χ4v) is 2.13. The fourth-order valence-electron chi connectivity index (χ4n) is 2.13. The van der Waals surface area contributed by atoms with E-state index in [1.807, 2.05) is 24.3 Å². The van der Waals surface area contributed by atoms with Crippen LogP contribution in [0.1, 0.15) is 38.8 Å². The summed E-state index contributed by atoms with van der Waals surface area (Å²) in [5, 5.41) is 4.00. The maximum Gasteiger partial charge on any atom is 0.277 e. The summed E-state index contributed by atoms with van der Waals surface area (Å²) in [6, 6.07) is 13.6. The molecule has 0 aliphatic heterocycles. The summed E-state index contributed by atoms with van der Waals surface area (Å²) in [5.74, 6) is -0.0461. The smallest absolute Gasteiger partial charge is 0.277 e. The van der Waals surface area contributed by atoms with Crippen LogP contribution in [-0.4, -0.2) is 18.2 Å². The lowest BCUT2D eigenvalue weighted by Gasteiger charge is -2.19. The van der Waals surface area contributed by atoms with Crippen molar-refractivity contribution in [3.8, 4) is 5.75 Å². The van der Waals surface area contributed by atoms with E-state index in [4.69, 9.17) is 4.74 Å². The highest BCUT2D eigenvalue weighted by Gasteiger charge is 2.13. The normalized spacial score (nSPS) is 12.0. The summed E-state index contributed by atoms with van der Waals surface area (Å²) in [6.07, 6.45) is 0. The molecule has 0 radical (unpaired) electrons. The van der Waals surface area contributed by atoms with Crippen molar-refractivity contribution >= 4 is 11.6 Å². The highest BCUT2D eigenvalue weighted by atomic mass is 19.1. The van der Waals surface area contributed by atoms with Crippen LogP contribution in [0.3, 0.4) is 0 Å². The molecule has 2 aromatic carbocycles. The number of benzene rings is 2. The molecule has 0 aliphatic rings. The quantitative estimate of drug-likeness (QED) is 0.658. The van der Waals surface area contributed by atoms with Crippen LogP contribution in [0.25, 0.3) is 0 Å². The van der Waals surface area contributed by atoms with Gasteiger partial charge in [0.1, 0.15) is 11.6 Å². The van der Waals surface area contributed by atoms with Gasteiger partial charge in [-0.1, -0.05) is 45.0 Å². The first kappa shape index (κ1) is 18.6. The topological polar surface area (TPSA) is 50.7 Å². The Kier molecular flexibility index (Phi) is 5.91. The molecule has 25 heavy (non-hydrogen) atoms. The van der Waals surface area contributed by atoms with Crippen molar-refractivity contribution in [1.82, 2.24) is 5.43 Å². The Morgan fingerprint density at radius 1 is 1.08 bits per heavy atom. The van der Waals surface area contributed by atoms with Crippen LogP contribution in [0.15, 0.2) is 53.6 Å². The standard InChI is InChI=1S/C20H23FN2O2/c1-14(15-5-9-17(21)10-6-15)22-23-19(24)13-25-18-11-7-16(8-12-18)20(2,3)4/h5-12H,13H2,1-4H3,(H,23,24)/b22-14+. The molecule has 1 N–H and O–H groups in total. The van der Waals surface area contributed by atoms with Gasteiger partial charge in [0, 0.05) is 0 Å². The number of hydrazone groups is 1. The van der Waals surface area contributed by atoms with Gasteiger partial charge in [-0.15, -0.1) is 0 Å². The molecule has 2 rings (SSSR count). The number of nitrogens with one attached hydrogen (secondary N) is 1. The zero-order chi connectivity index (χ0) is 18.4. The summed E-state index contributed by atoms with van der Waals surface area (Å²) in [5.41, 5.74) is 5.02. The zero-order valence-corrected chi connectivity index (χ0v) is 15.0. The monoisotopic (exact) mass is 342 g/mol. The molecule has 0 heterocycles. The van der Waals surface area contributed by atoms with Gasteiger partial charge in [-0.2, -0.15) is 5.10 Å². The number of ether oxygens (including phenoxy) is 1. The minimum absolute atomic E-state index is 0.0719. The second kappa shape index (κ2) is 7.92. The minimum Gasteiger partial charge on any atom is -0.484 e. The first-order chi connectivity index (χ1) is 11.8. The van der Waals surface area contributed by atoms with Crippen LogP contribution in [0, 0.1) is 5.82 Å². The van der Waals surface area contributed by atoms with Crippen molar-refractivity contribution < 1.29 is 13.9 Å². The van der Waals surface area contributed by atoms with E-state index in [1.165, 1.54) is 17.7 Å². The molecule has 4 nitrogen and oxygen atoms in total. The van der Waals surface area contributed by atoms with Gasteiger partial charge in [-0.25, -0.2) is 9.82 Å². The molecule has 1 amide bonds. The molecule has 0 fully saturated rings. The molecule has 132 valence electrons. The maximum atomic E-state index is 12.9. The minimum atomic E-state index is -0.360. The number of carbonyl (C=O) groups is 1. The Hall–Kier alpha value is -2.69. The average molecular weight is 342 g/mol. The Bertz CT molecular complexity index is 745. The molecular formula is C20H23FN2O2. The number of halogens is 1. The predicted octanol–water partition coefficient (Wildman–Crippen LogP) is 4.04. The van der Waals surface area contributed by atoms with Crippen molar-refractivity contribution in [2.45, 2.75) is 33.1 Å². The zero-order valence-electron chi connectivity index (χ0n) is 15.0. The van der Waals surface area contributed by atoms with E-state index in [2.05, 4.69) is 31.3 Å². The number of hydrogen-bond donors (Lipinski definition) is 1. The van der Waals surface area contributed by atoms with E-state index >= 15 is 0 Å². The molecule has 0 aliphatic carbocycles. The Labute approximate surface area is 147 Å². The number of amides is 1. The van der Waals surface area contributed by atoms with Gasteiger partial charge in [-0.3, -0.25) is 4.79 Å². The Morgan fingerprint density at radius 3 is 2.24 bits per heavy atom. The summed E-state index contributed by atoms with van der Waals surface area (Å²) in [7, 11) is 0. The van der Waals surface area contributed by atoms with Crippen molar-refractivity contribution in [3.63, 3.8) is 0 Å². The lowest BCUT2D eigenvalue weighted by atomic mass is 9.87. The second-order valence-electron chi connectivity index (χ2n) is 6.80. The van der Waals surface area contributed by atoms with Crippen LogP contribution in [-0.2, 0) is 10.2 Å². The third-order valence-electron chi connectivity index (χ3n) is 3.70. The summed E-state index contributed by atoms with van der Waals surface area (Å²) >= 11 is 0. The van der Waals surface area contributed by atoms with Gasteiger partial charge >= 0.3 is 0 Å². The second-order valence-corrected chi connectivity index (χ2v) is 6.80. The fraction of sp³-hybridized carbons (Fsp3) is 0.300. The summed E-state index contributed by atoms with van der Waals surface area (Å²) < 4.78 is 18.3. The van der Waals surface area contributed by atoms with Gasteiger partial charge in [0.15, 0.2) is 6.61 Å². The van der Waals surface area contributed by atoms with E-state index in [0.29, 0.717) is 11.5 Å². The van der Waals surface area contributed by atoms with Gasteiger partial charge in [-0.05, 0) is 47.7 Å². The maximum absolute atomic E-state index is 12.9. The summed E-state index contributed by atoms with van der Waals surface area (Å²) in [4.78, 5) is 11.8.